The van der Waals surface area contributed by atoms with E-state index in [9.17, 15) is 14.7 Å². The van der Waals surface area contributed by atoms with Crippen LogP contribution in [0.4, 0.5) is 14.6 Å². The molecule has 4 heterocycles. The highest BCUT2D eigenvalue weighted by atomic mass is 35.5. The molecule has 0 spiro atoms. The first-order chi connectivity index (χ1) is 19.0. The Kier molecular flexibility index (Phi) is 7.62. The van der Waals surface area contributed by atoms with E-state index in [2.05, 4.69) is 11.6 Å². The smallest absolute Gasteiger partial charge is 0.261 e. The third kappa shape index (κ3) is 4.75. The molecular formula is C28H32ClF2N5O4. The van der Waals surface area contributed by atoms with Gasteiger partial charge in [0.25, 0.3) is 5.91 Å². The number of aromatic nitrogens is 1. The van der Waals surface area contributed by atoms with Gasteiger partial charge in [-0.25, -0.2) is 13.8 Å². The van der Waals surface area contributed by atoms with E-state index >= 15 is 8.78 Å². The molecule has 1 N–H and O–H groups in total. The van der Waals surface area contributed by atoms with E-state index in [1.807, 2.05) is 25.9 Å². The first-order valence-corrected chi connectivity index (χ1v) is 13.5. The number of fused-ring (bicyclic) bond motifs is 2. The molecule has 2 amide bonds. The number of rotatable bonds is 4. The summed E-state index contributed by atoms with van der Waals surface area (Å²) in [5.74, 6) is -1.73. The lowest BCUT2D eigenvalue weighted by Gasteiger charge is -2.43. The number of piperidine rings is 1. The van der Waals surface area contributed by atoms with Gasteiger partial charge in [-0.1, -0.05) is 24.2 Å². The summed E-state index contributed by atoms with van der Waals surface area (Å²) in [5, 5.41) is 10.4. The number of phenolic OH excluding ortho intramolecular Hbond substituents is 1. The minimum Gasteiger partial charge on any atom is -0.507 e. The number of piperazine rings is 1. The topological polar surface area (TPSA) is 89.5 Å². The maximum Gasteiger partial charge on any atom is 0.261 e. The van der Waals surface area contributed by atoms with Crippen LogP contribution in [0.25, 0.3) is 11.3 Å². The first kappa shape index (κ1) is 28.1. The molecule has 3 aliphatic heterocycles. The van der Waals surface area contributed by atoms with Crippen molar-refractivity contribution in [3.05, 3.63) is 47.3 Å². The Hall–Kier alpha value is -3.44. The van der Waals surface area contributed by atoms with Crippen LogP contribution < -0.4 is 9.64 Å². The van der Waals surface area contributed by atoms with Crippen molar-refractivity contribution >= 4 is 29.2 Å². The van der Waals surface area contributed by atoms with Crippen LogP contribution in [0.2, 0.25) is 5.02 Å². The van der Waals surface area contributed by atoms with Crippen LogP contribution >= 0.6 is 11.6 Å². The number of benzene rings is 1. The summed E-state index contributed by atoms with van der Waals surface area (Å²) >= 11 is 6.77. The molecule has 9 nitrogen and oxygen atoms in total. The standard InChI is InChI=1S/C28H32ClF2N5O4/c1-5-21(38)34-9-10-35-16(12-34)14-40-26-23(28(35)39)27(36-13-18(31)19(33(3)4)11-15(36)2)32-25(24(26)29)22-17(30)7-6-8-20(22)37/h5-8,15-16,18-19,37H,1,9-14H2,2-4H3/t15-,16+,18?,19?/m0/s1. The number of pyridine rings is 1. The Morgan fingerprint density at radius 1 is 1.25 bits per heavy atom. The van der Waals surface area contributed by atoms with E-state index in [4.69, 9.17) is 16.3 Å². The number of carbonyl (C=O) groups is 2. The lowest BCUT2D eigenvalue weighted by molar-refractivity contribution is -0.128. The number of ether oxygens (including phenoxy) is 1. The fraction of sp³-hybridized carbons (Fsp3) is 0.464. The molecule has 2 aromatic rings. The van der Waals surface area contributed by atoms with Gasteiger partial charge in [0, 0.05) is 31.7 Å². The third-order valence-electron chi connectivity index (χ3n) is 8.01. The molecule has 0 bridgehead atoms. The van der Waals surface area contributed by atoms with Gasteiger partial charge in [-0.15, -0.1) is 0 Å². The summed E-state index contributed by atoms with van der Waals surface area (Å²) in [5.41, 5.74) is -0.303. The second-order valence-electron chi connectivity index (χ2n) is 10.7. The maximum atomic E-state index is 15.5. The van der Waals surface area contributed by atoms with E-state index in [0.717, 1.165) is 0 Å². The molecule has 0 saturated carbocycles. The van der Waals surface area contributed by atoms with Crippen molar-refractivity contribution in [2.75, 3.05) is 51.8 Å². The van der Waals surface area contributed by atoms with Crippen LogP contribution in [-0.2, 0) is 4.79 Å². The van der Waals surface area contributed by atoms with Crippen LogP contribution in [-0.4, -0.2) is 108 Å². The molecule has 1 aromatic heterocycles. The van der Waals surface area contributed by atoms with Crippen molar-refractivity contribution in [1.29, 1.82) is 0 Å². The zero-order valence-electron chi connectivity index (χ0n) is 22.6. The van der Waals surface area contributed by atoms with Gasteiger partial charge in [-0.2, -0.15) is 0 Å². The number of aromatic hydroxyl groups is 1. The molecular weight excluding hydrogens is 544 g/mol. The number of phenols is 1. The van der Waals surface area contributed by atoms with Gasteiger partial charge < -0.3 is 29.4 Å². The fourth-order valence-electron chi connectivity index (χ4n) is 5.84. The van der Waals surface area contributed by atoms with Gasteiger partial charge in [0.2, 0.25) is 5.91 Å². The van der Waals surface area contributed by atoms with Gasteiger partial charge in [0.05, 0.1) is 18.2 Å². The quantitative estimate of drug-likeness (QED) is 0.559. The number of nitrogens with zero attached hydrogens (tertiary/aromatic N) is 5. The van der Waals surface area contributed by atoms with Gasteiger partial charge in [-0.3, -0.25) is 9.59 Å². The molecule has 4 atom stereocenters. The number of alkyl halides is 1. The predicted molar refractivity (Wildman–Crippen MR) is 147 cm³/mol. The van der Waals surface area contributed by atoms with Crippen molar-refractivity contribution in [2.24, 2.45) is 0 Å². The van der Waals surface area contributed by atoms with Crippen molar-refractivity contribution in [3.8, 4) is 22.8 Å². The lowest BCUT2D eigenvalue weighted by atomic mass is 9.95. The number of halogens is 3. The van der Waals surface area contributed by atoms with Crippen molar-refractivity contribution in [2.45, 2.75) is 37.6 Å². The molecule has 214 valence electrons. The largest absolute Gasteiger partial charge is 0.507 e. The van der Waals surface area contributed by atoms with Crippen molar-refractivity contribution in [1.82, 2.24) is 19.7 Å². The monoisotopic (exact) mass is 575 g/mol. The second kappa shape index (κ2) is 10.9. The molecule has 1 aromatic carbocycles. The number of anilines is 1. The number of hydrogen-bond donors (Lipinski definition) is 1. The van der Waals surface area contributed by atoms with E-state index in [0.29, 0.717) is 13.0 Å². The van der Waals surface area contributed by atoms with Crippen LogP contribution in [0.15, 0.2) is 30.9 Å². The van der Waals surface area contributed by atoms with E-state index in [1.165, 1.54) is 24.3 Å². The average Bonchev–Trinajstić information content (AvgIpc) is 3.07. The molecule has 2 saturated heterocycles. The van der Waals surface area contributed by atoms with Gasteiger partial charge in [-0.05, 0) is 45.6 Å². The van der Waals surface area contributed by atoms with E-state index in [1.54, 1.807) is 14.7 Å². The summed E-state index contributed by atoms with van der Waals surface area (Å²) in [6, 6.07) is 2.76. The minimum absolute atomic E-state index is 0.00945. The normalized spacial score (nSPS) is 24.8. The average molecular weight is 576 g/mol. The minimum atomic E-state index is -1.26. The Morgan fingerprint density at radius 3 is 2.67 bits per heavy atom. The molecule has 2 unspecified atom stereocenters. The Bertz CT molecular complexity index is 1340. The summed E-state index contributed by atoms with van der Waals surface area (Å²) in [6.45, 7) is 6.17. The van der Waals surface area contributed by atoms with Gasteiger partial charge in [0.1, 0.15) is 46.4 Å². The van der Waals surface area contributed by atoms with Crippen LogP contribution in [0, 0.1) is 5.82 Å². The highest BCUT2D eigenvalue weighted by Crippen LogP contribution is 2.47. The first-order valence-electron chi connectivity index (χ1n) is 13.2. The van der Waals surface area contributed by atoms with E-state index in [-0.39, 0.29) is 83.4 Å². The van der Waals surface area contributed by atoms with Crippen molar-refractivity contribution < 1.29 is 28.2 Å². The zero-order chi connectivity index (χ0) is 28.9. The Balaban J connectivity index is 1.67. The third-order valence-corrected chi connectivity index (χ3v) is 8.36. The number of hydrogen-bond acceptors (Lipinski definition) is 7. The van der Waals surface area contributed by atoms with E-state index < -0.39 is 23.9 Å². The van der Waals surface area contributed by atoms with Crippen LogP contribution in [0.3, 0.4) is 0 Å². The highest BCUT2D eigenvalue weighted by molar-refractivity contribution is 6.35. The summed E-state index contributed by atoms with van der Waals surface area (Å²) < 4.78 is 36.7. The Labute approximate surface area is 236 Å². The molecule has 3 aliphatic rings. The predicted octanol–water partition coefficient (Wildman–Crippen LogP) is 3.35. The molecule has 0 aliphatic carbocycles. The second-order valence-corrected chi connectivity index (χ2v) is 11.0. The summed E-state index contributed by atoms with van der Waals surface area (Å²) in [7, 11) is 3.64. The molecule has 0 radical (unpaired) electrons. The SMILES string of the molecule is C=CC(=O)N1CCN2C(=O)c3c(N4CC(F)C(N(C)C)C[C@@H]4C)nc(-c4c(O)cccc4F)c(Cl)c3OC[C@H]2C1. The fourth-order valence-corrected chi connectivity index (χ4v) is 6.13. The van der Waals surface area contributed by atoms with Crippen molar-refractivity contribution in [3.63, 3.8) is 0 Å². The highest BCUT2D eigenvalue weighted by Gasteiger charge is 2.43. The molecule has 40 heavy (non-hydrogen) atoms. The molecule has 2 fully saturated rings. The summed E-state index contributed by atoms with van der Waals surface area (Å²) in [6.07, 6.45) is 0.419. The van der Waals surface area contributed by atoms with Gasteiger partial charge >= 0.3 is 0 Å². The Morgan fingerprint density at radius 2 is 2.00 bits per heavy atom. The van der Waals surface area contributed by atoms with Crippen LogP contribution in [0.5, 0.6) is 11.5 Å². The summed E-state index contributed by atoms with van der Waals surface area (Å²) in [4.78, 5) is 37.8. The van der Waals surface area contributed by atoms with Gasteiger partial charge in [0.15, 0.2) is 5.75 Å². The van der Waals surface area contributed by atoms with Crippen LogP contribution in [0.1, 0.15) is 23.7 Å². The number of carbonyl (C=O) groups excluding carboxylic acids is 2. The lowest BCUT2D eigenvalue weighted by Crippen LogP contribution is -2.58. The molecule has 5 rings (SSSR count). The zero-order valence-corrected chi connectivity index (χ0v) is 23.4. The number of amides is 2. The maximum absolute atomic E-state index is 15.5. The molecule has 12 heteroatoms.